The summed E-state index contributed by atoms with van der Waals surface area (Å²) in [6, 6.07) is 5.73. The number of nitrogens with one attached hydrogen (secondary N) is 1. The van der Waals surface area contributed by atoms with Gasteiger partial charge in [0.2, 0.25) is 0 Å². The van der Waals surface area contributed by atoms with E-state index in [0.717, 1.165) is 12.1 Å². The van der Waals surface area contributed by atoms with E-state index < -0.39 is 0 Å². The van der Waals surface area contributed by atoms with Crippen LogP contribution in [0.2, 0.25) is 0 Å². The fraction of sp³-hybridized carbons (Fsp3) is 0.500. The van der Waals surface area contributed by atoms with E-state index in [9.17, 15) is 5.11 Å². The maximum Gasteiger partial charge on any atom is 0.138 e. The molecule has 0 radical (unpaired) electrons. The molecule has 0 aliphatic carbocycles. The first-order valence-corrected chi connectivity index (χ1v) is 5.10. The van der Waals surface area contributed by atoms with E-state index in [0.29, 0.717) is 11.7 Å². The summed E-state index contributed by atoms with van der Waals surface area (Å²) in [5.41, 5.74) is 2.21. The monoisotopic (exact) mass is 191 g/mol. The van der Waals surface area contributed by atoms with Crippen molar-refractivity contribution in [3.8, 4) is 5.75 Å². The summed E-state index contributed by atoms with van der Waals surface area (Å²) >= 11 is 0. The van der Waals surface area contributed by atoms with Gasteiger partial charge in [0.15, 0.2) is 0 Å². The molecule has 0 fully saturated rings. The Kier molecular flexibility index (Phi) is 1.95. The summed E-state index contributed by atoms with van der Waals surface area (Å²) in [5, 5.41) is 13.1. The molecule has 1 heterocycles. The van der Waals surface area contributed by atoms with Gasteiger partial charge in [0.25, 0.3) is 0 Å². The van der Waals surface area contributed by atoms with Crippen LogP contribution < -0.4 is 5.32 Å². The van der Waals surface area contributed by atoms with E-state index in [1.165, 1.54) is 5.56 Å². The topological polar surface area (TPSA) is 32.3 Å². The molecule has 0 amide bonds. The third-order valence-electron chi connectivity index (χ3n) is 2.89. The normalized spacial score (nSPS) is 23.8. The molecular weight excluding hydrogens is 174 g/mol. The predicted octanol–water partition coefficient (Wildman–Crippen LogP) is 3.09. The van der Waals surface area contributed by atoms with Gasteiger partial charge in [0, 0.05) is 5.54 Å². The first-order chi connectivity index (χ1) is 6.49. The highest BCUT2D eigenvalue weighted by molar-refractivity contribution is 5.65. The van der Waals surface area contributed by atoms with Crippen LogP contribution in [-0.2, 0) is 0 Å². The summed E-state index contributed by atoms with van der Waals surface area (Å²) < 4.78 is 0. The van der Waals surface area contributed by atoms with Crippen LogP contribution in [-0.4, -0.2) is 10.6 Å². The number of anilines is 1. The number of aromatic hydroxyl groups is 1. The number of benzene rings is 1. The Bertz CT molecular complexity index is 357. The van der Waals surface area contributed by atoms with E-state index in [1.54, 1.807) is 6.07 Å². The van der Waals surface area contributed by atoms with Crippen molar-refractivity contribution < 1.29 is 5.11 Å². The molecule has 2 N–H and O–H groups in total. The van der Waals surface area contributed by atoms with Crippen molar-refractivity contribution in [2.24, 2.45) is 0 Å². The minimum atomic E-state index is 0.0747. The van der Waals surface area contributed by atoms with E-state index in [2.05, 4.69) is 32.2 Å². The minimum absolute atomic E-state index is 0.0747. The number of para-hydroxylation sites is 1. The van der Waals surface area contributed by atoms with Crippen LogP contribution in [0.15, 0.2) is 18.2 Å². The Labute approximate surface area is 85.0 Å². The van der Waals surface area contributed by atoms with Crippen molar-refractivity contribution >= 4 is 5.69 Å². The lowest BCUT2D eigenvalue weighted by Crippen LogP contribution is -2.36. The molecule has 2 nitrogen and oxygen atoms in total. The maximum atomic E-state index is 9.74. The summed E-state index contributed by atoms with van der Waals surface area (Å²) in [7, 11) is 0. The van der Waals surface area contributed by atoms with Gasteiger partial charge in [-0.15, -0.1) is 0 Å². The molecule has 1 atom stereocenters. The summed E-state index contributed by atoms with van der Waals surface area (Å²) in [6.45, 7) is 6.54. The Morgan fingerprint density at radius 2 is 2.14 bits per heavy atom. The molecule has 0 saturated heterocycles. The molecule has 0 bridgehead atoms. The second-order valence-corrected chi connectivity index (χ2v) is 4.86. The van der Waals surface area contributed by atoms with Crippen LogP contribution in [0, 0.1) is 0 Å². The lowest BCUT2D eigenvalue weighted by atomic mass is 9.82. The Morgan fingerprint density at radius 1 is 1.43 bits per heavy atom. The molecule has 1 aromatic rings. The highest BCUT2D eigenvalue weighted by atomic mass is 16.3. The molecule has 1 aliphatic heterocycles. The molecule has 1 aliphatic rings. The lowest BCUT2D eigenvalue weighted by molar-refractivity contribution is 0.434. The molecule has 0 saturated carbocycles. The summed E-state index contributed by atoms with van der Waals surface area (Å²) in [5.74, 6) is 0.871. The number of phenols is 1. The molecule has 14 heavy (non-hydrogen) atoms. The number of hydrogen-bond donors (Lipinski definition) is 2. The van der Waals surface area contributed by atoms with Crippen molar-refractivity contribution in [3.05, 3.63) is 23.8 Å². The zero-order valence-electron chi connectivity index (χ0n) is 8.96. The Balaban J connectivity index is 2.51. The molecule has 76 valence electrons. The van der Waals surface area contributed by atoms with Gasteiger partial charge in [0.05, 0.1) is 5.69 Å². The van der Waals surface area contributed by atoms with Crippen LogP contribution >= 0.6 is 0 Å². The average Bonchev–Trinajstić information content (AvgIpc) is 2.05. The Morgan fingerprint density at radius 3 is 2.86 bits per heavy atom. The number of fused-ring (bicyclic) bond motifs is 1. The van der Waals surface area contributed by atoms with Crippen LogP contribution in [0.5, 0.6) is 5.75 Å². The number of hydrogen-bond acceptors (Lipinski definition) is 2. The lowest BCUT2D eigenvalue weighted by Gasteiger charge is -2.37. The highest BCUT2D eigenvalue weighted by Gasteiger charge is 2.30. The SMILES string of the molecule is C[C@@H]1CC(C)(C)Nc2c(O)cccc21. The standard InChI is InChI=1S/C12H17NO/c1-8-7-12(2,3)13-11-9(8)5-4-6-10(11)14/h4-6,8,13-14H,7H2,1-3H3/t8-/m1/s1. The van der Waals surface area contributed by atoms with Crippen molar-refractivity contribution in [2.45, 2.75) is 38.6 Å². The Hall–Kier alpha value is -1.18. The third-order valence-corrected chi connectivity index (χ3v) is 2.89. The van der Waals surface area contributed by atoms with Crippen molar-refractivity contribution in [1.29, 1.82) is 0 Å². The van der Waals surface area contributed by atoms with Gasteiger partial charge in [0.1, 0.15) is 5.75 Å². The zero-order valence-corrected chi connectivity index (χ0v) is 8.96. The average molecular weight is 191 g/mol. The van der Waals surface area contributed by atoms with Crippen LogP contribution in [0.25, 0.3) is 0 Å². The number of rotatable bonds is 0. The van der Waals surface area contributed by atoms with Crippen LogP contribution in [0.1, 0.15) is 38.7 Å². The maximum absolute atomic E-state index is 9.74. The van der Waals surface area contributed by atoms with E-state index in [-0.39, 0.29) is 5.54 Å². The van der Waals surface area contributed by atoms with Crippen molar-refractivity contribution in [2.75, 3.05) is 5.32 Å². The molecule has 0 aromatic heterocycles. The van der Waals surface area contributed by atoms with Gasteiger partial charge in [-0.25, -0.2) is 0 Å². The molecular formula is C12H17NO. The second kappa shape index (κ2) is 2.91. The smallest absolute Gasteiger partial charge is 0.138 e. The minimum Gasteiger partial charge on any atom is -0.506 e. The fourth-order valence-corrected chi connectivity index (χ4v) is 2.37. The first kappa shape index (κ1) is 9.38. The first-order valence-electron chi connectivity index (χ1n) is 5.10. The van der Waals surface area contributed by atoms with Gasteiger partial charge < -0.3 is 10.4 Å². The van der Waals surface area contributed by atoms with Crippen LogP contribution in [0.4, 0.5) is 5.69 Å². The molecule has 2 rings (SSSR count). The van der Waals surface area contributed by atoms with Gasteiger partial charge in [-0.3, -0.25) is 0 Å². The van der Waals surface area contributed by atoms with E-state index >= 15 is 0 Å². The predicted molar refractivity (Wildman–Crippen MR) is 58.8 cm³/mol. The van der Waals surface area contributed by atoms with Crippen molar-refractivity contribution in [3.63, 3.8) is 0 Å². The van der Waals surface area contributed by atoms with Crippen LogP contribution in [0.3, 0.4) is 0 Å². The van der Waals surface area contributed by atoms with Crippen molar-refractivity contribution in [1.82, 2.24) is 0 Å². The van der Waals surface area contributed by atoms with Gasteiger partial charge >= 0.3 is 0 Å². The number of phenolic OH excluding ortho intramolecular Hbond substituents is 1. The largest absolute Gasteiger partial charge is 0.506 e. The van der Waals surface area contributed by atoms with Gasteiger partial charge in [-0.1, -0.05) is 19.1 Å². The quantitative estimate of drug-likeness (QED) is 0.618. The zero-order chi connectivity index (χ0) is 10.3. The fourth-order valence-electron chi connectivity index (χ4n) is 2.37. The van der Waals surface area contributed by atoms with E-state index in [4.69, 9.17) is 0 Å². The molecule has 0 spiro atoms. The molecule has 2 heteroatoms. The highest BCUT2D eigenvalue weighted by Crippen LogP contribution is 2.42. The van der Waals surface area contributed by atoms with Gasteiger partial charge in [-0.2, -0.15) is 0 Å². The van der Waals surface area contributed by atoms with E-state index in [1.807, 2.05) is 6.07 Å². The third kappa shape index (κ3) is 1.45. The second-order valence-electron chi connectivity index (χ2n) is 4.86. The van der Waals surface area contributed by atoms with Gasteiger partial charge in [-0.05, 0) is 37.8 Å². The summed E-state index contributed by atoms with van der Waals surface area (Å²) in [4.78, 5) is 0. The summed E-state index contributed by atoms with van der Waals surface area (Å²) in [6.07, 6.45) is 1.10. The molecule has 0 unspecified atom stereocenters. The molecule has 1 aromatic carbocycles.